The minimum absolute atomic E-state index is 0.286. The predicted molar refractivity (Wildman–Crippen MR) is 105 cm³/mol. The lowest BCUT2D eigenvalue weighted by molar-refractivity contribution is 0.628. The standard InChI is InChI=1S/C21H17FN6/c1-12-5-4-6-17(24-12)28-14(3)13(2)18-20(28)23-11-27-21(18)25-19(26-27)15-7-9-16(22)10-8-15/h4-11H,1-3H3. The van der Waals surface area contributed by atoms with Crippen LogP contribution in [0.1, 0.15) is 17.0 Å². The molecule has 0 atom stereocenters. The Balaban J connectivity index is 1.79. The van der Waals surface area contributed by atoms with E-state index in [4.69, 9.17) is 4.98 Å². The van der Waals surface area contributed by atoms with Crippen molar-refractivity contribution in [1.29, 1.82) is 0 Å². The summed E-state index contributed by atoms with van der Waals surface area (Å²) in [5, 5.41) is 5.46. The van der Waals surface area contributed by atoms with Crippen molar-refractivity contribution in [2.24, 2.45) is 0 Å². The molecule has 7 heteroatoms. The fraction of sp³-hybridized carbons (Fsp3) is 0.143. The Morgan fingerprint density at radius 2 is 1.68 bits per heavy atom. The zero-order chi connectivity index (χ0) is 19.4. The molecule has 0 aliphatic rings. The molecular weight excluding hydrogens is 355 g/mol. The summed E-state index contributed by atoms with van der Waals surface area (Å²) in [6.45, 7) is 6.07. The van der Waals surface area contributed by atoms with Gasteiger partial charge in [-0.05, 0) is 62.7 Å². The average Bonchev–Trinajstić information content (AvgIpc) is 3.22. The summed E-state index contributed by atoms with van der Waals surface area (Å²) in [5.41, 5.74) is 5.34. The largest absolute Gasteiger partial charge is 0.282 e. The van der Waals surface area contributed by atoms with Gasteiger partial charge in [-0.2, -0.15) is 0 Å². The van der Waals surface area contributed by atoms with Crippen molar-refractivity contribution in [2.45, 2.75) is 20.8 Å². The number of hydrogen-bond donors (Lipinski definition) is 0. The van der Waals surface area contributed by atoms with Crippen LogP contribution < -0.4 is 0 Å². The van der Waals surface area contributed by atoms with E-state index in [1.807, 2.05) is 29.7 Å². The summed E-state index contributed by atoms with van der Waals surface area (Å²) in [4.78, 5) is 14.0. The highest BCUT2D eigenvalue weighted by Crippen LogP contribution is 2.30. The Kier molecular flexibility index (Phi) is 3.52. The summed E-state index contributed by atoms with van der Waals surface area (Å²) in [6.07, 6.45) is 1.66. The van der Waals surface area contributed by atoms with E-state index < -0.39 is 0 Å². The lowest BCUT2D eigenvalue weighted by Crippen LogP contribution is -2.02. The van der Waals surface area contributed by atoms with Crippen LogP contribution in [0.2, 0.25) is 0 Å². The van der Waals surface area contributed by atoms with Gasteiger partial charge in [0, 0.05) is 17.0 Å². The molecule has 0 N–H and O–H groups in total. The number of pyridine rings is 1. The fourth-order valence-electron chi connectivity index (χ4n) is 3.52. The van der Waals surface area contributed by atoms with E-state index in [0.29, 0.717) is 5.82 Å². The van der Waals surface area contributed by atoms with Crippen LogP contribution >= 0.6 is 0 Å². The molecule has 0 saturated heterocycles. The van der Waals surface area contributed by atoms with E-state index in [0.717, 1.165) is 45.0 Å². The van der Waals surface area contributed by atoms with Gasteiger partial charge in [-0.1, -0.05) is 6.07 Å². The number of halogens is 1. The topological polar surface area (TPSA) is 60.9 Å². The minimum Gasteiger partial charge on any atom is -0.282 e. The summed E-state index contributed by atoms with van der Waals surface area (Å²) >= 11 is 0. The molecule has 5 rings (SSSR count). The number of benzene rings is 1. The van der Waals surface area contributed by atoms with Crippen LogP contribution in [0, 0.1) is 26.6 Å². The normalized spacial score (nSPS) is 11.6. The Morgan fingerprint density at radius 1 is 0.893 bits per heavy atom. The number of hydrogen-bond acceptors (Lipinski definition) is 4. The third-order valence-corrected chi connectivity index (χ3v) is 5.04. The number of aryl methyl sites for hydroxylation is 2. The maximum atomic E-state index is 13.2. The van der Waals surface area contributed by atoms with Crippen molar-refractivity contribution in [3.05, 3.63) is 71.6 Å². The van der Waals surface area contributed by atoms with Gasteiger partial charge in [0.1, 0.15) is 18.0 Å². The van der Waals surface area contributed by atoms with Crippen LogP contribution in [0.25, 0.3) is 33.9 Å². The second-order valence-electron chi connectivity index (χ2n) is 6.84. The zero-order valence-electron chi connectivity index (χ0n) is 15.7. The van der Waals surface area contributed by atoms with Crippen LogP contribution in [-0.2, 0) is 0 Å². The first kappa shape index (κ1) is 16.6. The van der Waals surface area contributed by atoms with Gasteiger partial charge in [-0.15, -0.1) is 5.10 Å². The molecule has 0 unspecified atom stereocenters. The molecule has 0 radical (unpaired) electrons. The third kappa shape index (κ3) is 2.40. The maximum Gasteiger partial charge on any atom is 0.182 e. The molecule has 5 aromatic rings. The van der Waals surface area contributed by atoms with Gasteiger partial charge in [0.15, 0.2) is 17.1 Å². The van der Waals surface area contributed by atoms with Gasteiger partial charge in [0.25, 0.3) is 0 Å². The van der Waals surface area contributed by atoms with E-state index in [-0.39, 0.29) is 5.82 Å². The first-order valence-corrected chi connectivity index (χ1v) is 8.96. The molecule has 4 heterocycles. The van der Waals surface area contributed by atoms with Crippen LogP contribution in [0.5, 0.6) is 0 Å². The summed E-state index contributed by atoms with van der Waals surface area (Å²) in [5.74, 6) is 1.07. The van der Waals surface area contributed by atoms with Gasteiger partial charge in [-0.3, -0.25) is 4.57 Å². The molecular formula is C21H17FN6. The van der Waals surface area contributed by atoms with E-state index in [2.05, 4.69) is 28.9 Å². The average molecular weight is 372 g/mol. The molecule has 1 aromatic carbocycles. The Hall–Kier alpha value is -3.61. The molecule has 0 fully saturated rings. The summed E-state index contributed by atoms with van der Waals surface area (Å²) in [7, 11) is 0. The Labute approximate surface area is 160 Å². The quantitative estimate of drug-likeness (QED) is 0.466. The maximum absolute atomic E-state index is 13.2. The highest BCUT2D eigenvalue weighted by Gasteiger charge is 2.19. The van der Waals surface area contributed by atoms with Gasteiger partial charge >= 0.3 is 0 Å². The Bertz CT molecular complexity index is 1350. The van der Waals surface area contributed by atoms with Crippen molar-refractivity contribution in [1.82, 2.24) is 29.1 Å². The predicted octanol–water partition coefficient (Wildman–Crippen LogP) is 4.19. The summed E-state index contributed by atoms with van der Waals surface area (Å²) < 4.78 is 17.0. The van der Waals surface area contributed by atoms with Gasteiger partial charge in [-0.25, -0.2) is 23.9 Å². The molecule has 6 nitrogen and oxygen atoms in total. The smallest absolute Gasteiger partial charge is 0.182 e. The van der Waals surface area contributed by atoms with E-state index in [1.165, 1.54) is 12.1 Å². The molecule has 0 spiro atoms. The monoisotopic (exact) mass is 372 g/mol. The Morgan fingerprint density at radius 3 is 2.43 bits per heavy atom. The van der Waals surface area contributed by atoms with Crippen LogP contribution in [-0.4, -0.2) is 29.1 Å². The van der Waals surface area contributed by atoms with Crippen LogP contribution in [0.3, 0.4) is 0 Å². The molecule has 138 valence electrons. The van der Waals surface area contributed by atoms with Crippen molar-refractivity contribution in [2.75, 3.05) is 0 Å². The highest BCUT2D eigenvalue weighted by molar-refractivity contribution is 5.95. The van der Waals surface area contributed by atoms with Crippen LogP contribution in [0.4, 0.5) is 4.39 Å². The van der Waals surface area contributed by atoms with Crippen molar-refractivity contribution in [3.8, 4) is 17.2 Å². The molecule has 4 aromatic heterocycles. The number of rotatable bonds is 2. The van der Waals surface area contributed by atoms with E-state index >= 15 is 0 Å². The minimum atomic E-state index is -0.286. The SMILES string of the molecule is Cc1cccc(-n2c(C)c(C)c3c2ncn2nc(-c4ccc(F)cc4)nc32)n1. The second-order valence-corrected chi connectivity index (χ2v) is 6.84. The molecule has 28 heavy (non-hydrogen) atoms. The highest BCUT2D eigenvalue weighted by atomic mass is 19.1. The molecule has 0 aliphatic carbocycles. The van der Waals surface area contributed by atoms with Gasteiger partial charge < -0.3 is 0 Å². The van der Waals surface area contributed by atoms with Crippen molar-refractivity contribution < 1.29 is 4.39 Å². The molecule has 0 bridgehead atoms. The second kappa shape index (κ2) is 5.95. The number of nitrogens with zero attached hydrogens (tertiary/aromatic N) is 6. The lowest BCUT2D eigenvalue weighted by atomic mass is 10.2. The third-order valence-electron chi connectivity index (χ3n) is 5.04. The fourth-order valence-corrected chi connectivity index (χ4v) is 3.52. The summed E-state index contributed by atoms with van der Waals surface area (Å²) in [6, 6.07) is 12.1. The van der Waals surface area contributed by atoms with E-state index in [9.17, 15) is 4.39 Å². The first-order chi connectivity index (χ1) is 13.5. The van der Waals surface area contributed by atoms with E-state index in [1.54, 1.807) is 23.0 Å². The van der Waals surface area contributed by atoms with Crippen molar-refractivity contribution in [3.63, 3.8) is 0 Å². The van der Waals surface area contributed by atoms with Gasteiger partial charge in [0.05, 0.1) is 5.39 Å². The molecule has 0 amide bonds. The number of aromatic nitrogens is 6. The number of fused-ring (bicyclic) bond motifs is 3. The molecule has 0 saturated carbocycles. The lowest BCUT2D eigenvalue weighted by Gasteiger charge is -2.07. The first-order valence-electron chi connectivity index (χ1n) is 8.96. The van der Waals surface area contributed by atoms with Crippen LogP contribution in [0.15, 0.2) is 48.8 Å². The zero-order valence-corrected chi connectivity index (χ0v) is 15.7. The van der Waals surface area contributed by atoms with Gasteiger partial charge in [0.2, 0.25) is 0 Å². The molecule has 0 aliphatic heterocycles. The van der Waals surface area contributed by atoms with Crippen molar-refractivity contribution >= 4 is 16.7 Å².